The third-order valence-corrected chi connectivity index (χ3v) is 0.963. The van der Waals surface area contributed by atoms with Crippen molar-refractivity contribution in [2.24, 2.45) is 0 Å². The van der Waals surface area contributed by atoms with Crippen LogP contribution in [0.3, 0.4) is 0 Å². The molecule has 0 radical (unpaired) electrons. The van der Waals surface area contributed by atoms with Gasteiger partial charge in [0.1, 0.15) is 0 Å². The number of carbonyl (C=O) groups is 1. The third-order valence-electron chi connectivity index (χ3n) is 0.640. The van der Waals surface area contributed by atoms with Crippen molar-refractivity contribution in [2.45, 2.75) is 0 Å². The van der Waals surface area contributed by atoms with Crippen LogP contribution >= 0.6 is 11.6 Å². The summed E-state index contributed by atoms with van der Waals surface area (Å²) in [5.74, 6) is -0.438. The van der Waals surface area contributed by atoms with Crippen molar-refractivity contribution in [1.29, 1.82) is 0 Å². The van der Waals surface area contributed by atoms with Gasteiger partial charge in [-0.3, -0.25) is 0 Å². The molecule has 0 saturated carbocycles. The van der Waals surface area contributed by atoms with Gasteiger partial charge in [0.15, 0.2) is 0 Å². The molecule has 0 aromatic rings. The van der Waals surface area contributed by atoms with Gasteiger partial charge in [-0.1, -0.05) is 13.2 Å². The lowest BCUT2D eigenvalue weighted by atomic mass is 10.4. The summed E-state index contributed by atoms with van der Waals surface area (Å²) in [4.78, 5) is 10.5. The van der Waals surface area contributed by atoms with Gasteiger partial charge in [-0.15, -0.1) is 11.6 Å². The number of ether oxygens (including phenoxy) is 1. The van der Waals surface area contributed by atoms with E-state index in [9.17, 15) is 4.79 Å². The summed E-state index contributed by atoms with van der Waals surface area (Å²) >= 11 is 5.25. The van der Waals surface area contributed by atoms with Gasteiger partial charge in [-0.25, -0.2) is 4.79 Å². The van der Waals surface area contributed by atoms with Crippen LogP contribution in [-0.4, -0.2) is 11.8 Å². The molecule has 0 aliphatic heterocycles. The summed E-state index contributed by atoms with van der Waals surface area (Å²) in [5.41, 5.74) is 0.233. The Morgan fingerprint density at radius 2 is 2.33 bits per heavy atom. The summed E-state index contributed by atoms with van der Waals surface area (Å²) in [6.07, 6.45) is 1.04. The minimum absolute atomic E-state index is 0.0900. The van der Waals surface area contributed by atoms with Gasteiger partial charge in [0.2, 0.25) is 0 Å². The zero-order valence-corrected chi connectivity index (χ0v) is 5.65. The molecule has 0 aliphatic rings. The van der Waals surface area contributed by atoms with E-state index in [0.717, 1.165) is 6.26 Å². The lowest BCUT2D eigenvalue weighted by Crippen LogP contribution is -2.03. The van der Waals surface area contributed by atoms with Crippen molar-refractivity contribution in [2.75, 3.05) is 5.88 Å². The predicted octanol–water partition coefficient (Wildman–Crippen LogP) is 1.47. The maximum atomic E-state index is 10.5. The van der Waals surface area contributed by atoms with Crippen molar-refractivity contribution in [1.82, 2.24) is 0 Å². The Kier molecular flexibility index (Phi) is 3.80. The van der Waals surface area contributed by atoms with Crippen LogP contribution in [0.5, 0.6) is 0 Å². The summed E-state index contributed by atoms with van der Waals surface area (Å²) in [6.45, 7) is 6.53. The van der Waals surface area contributed by atoms with Gasteiger partial charge in [0.05, 0.1) is 12.1 Å². The predicted molar refractivity (Wildman–Crippen MR) is 36.1 cm³/mol. The standard InChI is InChI=1S/C6H7ClO2/c1-3-9-6(8)5(2)4-7/h3H,1-2,4H2. The molecule has 0 aromatic heterocycles. The molecule has 0 saturated heterocycles. The third kappa shape index (κ3) is 2.93. The molecule has 0 rings (SSSR count). The Labute approximate surface area is 58.8 Å². The van der Waals surface area contributed by atoms with Gasteiger partial charge < -0.3 is 4.74 Å². The second-order valence-electron chi connectivity index (χ2n) is 1.31. The number of hydrogen-bond donors (Lipinski definition) is 0. The molecule has 0 heterocycles. The average molecular weight is 147 g/mol. The minimum atomic E-state index is -0.528. The number of esters is 1. The van der Waals surface area contributed by atoms with Crippen LogP contribution in [-0.2, 0) is 9.53 Å². The first-order chi connectivity index (χ1) is 4.22. The van der Waals surface area contributed by atoms with Crippen LogP contribution in [0, 0.1) is 0 Å². The highest BCUT2D eigenvalue weighted by Crippen LogP contribution is 1.96. The molecule has 0 amide bonds. The van der Waals surface area contributed by atoms with Crippen LogP contribution in [0.15, 0.2) is 25.0 Å². The van der Waals surface area contributed by atoms with Crippen molar-refractivity contribution in [3.05, 3.63) is 25.0 Å². The normalized spacial score (nSPS) is 8.11. The topological polar surface area (TPSA) is 26.3 Å². The van der Waals surface area contributed by atoms with Crippen LogP contribution in [0.4, 0.5) is 0 Å². The van der Waals surface area contributed by atoms with Crippen molar-refractivity contribution in [3.8, 4) is 0 Å². The van der Waals surface area contributed by atoms with E-state index in [-0.39, 0.29) is 11.5 Å². The first-order valence-corrected chi connectivity index (χ1v) is 2.81. The number of halogens is 1. The molecule has 0 aromatic carbocycles. The smallest absolute Gasteiger partial charge is 0.339 e. The van der Waals surface area contributed by atoms with E-state index in [4.69, 9.17) is 11.6 Å². The van der Waals surface area contributed by atoms with Gasteiger partial charge in [-0.2, -0.15) is 0 Å². The minimum Gasteiger partial charge on any atom is -0.432 e. The monoisotopic (exact) mass is 146 g/mol. The summed E-state index contributed by atoms with van der Waals surface area (Å²) in [7, 11) is 0. The van der Waals surface area contributed by atoms with Crippen molar-refractivity contribution in [3.63, 3.8) is 0 Å². The molecule has 0 aliphatic carbocycles. The van der Waals surface area contributed by atoms with Crippen LogP contribution in [0.1, 0.15) is 0 Å². The fraction of sp³-hybridized carbons (Fsp3) is 0.167. The van der Waals surface area contributed by atoms with E-state index in [0.29, 0.717) is 0 Å². The molecule has 0 spiro atoms. The van der Waals surface area contributed by atoms with Crippen LogP contribution in [0.25, 0.3) is 0 Å². The van der Waals surface area contributed by atoms with E-state index in [1.54, 1.807) is 0 Å². The second kappa shape index (κ2) is 4.15. The quantitative estimate of drug-likeness (QED) is 0.261. The number of carbonyl (C=O) groups excluding carboxylic acids is 1. The molecule has 0 atom stereocenters. The SMILES string of the molecule is C=COC(=O)C(=C)CCl. The van der Waals surface area contributed by atoms with E-state index < -0.39 is 5.97 Å². The fourth-order valence-electron chi connectivity index (χ4n) is 0.214. The highest BCUT2D eigenvalue weighted by molar-refractivity contribution is 6.22. The molecule has 2 nitrogen and oxygen atoms in total. The Morgan fingerprint density at radius 3 is 2.67 bits per heavy atom. The number of alkyl halides is 1. The van der Waals surface area contributed by atoms with Gasteiger partial charge >= 0.3 is 5.97 Å². The van der Waals surface area contributed by atoms with E-state index in [2.05, 4.69) is 17.9 Å². The summed E-state index contributed by atoms with van der Waals surface area (Å²) in [6, 6.07) is 0. The average Bonchev–Trinajstić information content (AvgIpc) is 1.87. The molecule has 0 bridgehead atoms. The lowest BCUT2D eigenvalue weighted by molar-refractivity contribution is -0.133. The molecule has 50 valence electrons. The van der Waals surface area contributed by atoms with E-state index >= 15 is 0 Å². The number of rotatable bonds is 3. The van der Waals surface area contributed by atoms with Crippen LogP contribution < -0.4 is 0 Å². The summed E-state index contributed by atoms with van der Waals surface area (Å²) in [5, 5.41) is 0. The fourth-order valence-corrected chi connectivity index (χ4v) is 0.323. The van der Waals surface area contributed by atoms with Crippen molar-refractivity contribution >= 4 is 17.6 Å². The first kappa shape index (κ1) is 8.24. The Hall–Kier alpha value is -0.760. The Morgan fingerprint density at radius 1 is 1.78 bits per heavy atom. The van der Waals surface area contributed by atoms with Crippen LogP contribution in [0.2, 0.25) is 0 Å². The highest BCUT2D eigenvalue weighted by atomic mass is 35.5. The van der Waals surface area contributed by atoms with Gasteiger partial charge in [-0.05, 0) is 0 Å². The summed E-state index contributed by atoms with van der Waals surface area (Å²) < 4.78 is 4.34. The molecule has 0 unspecified atom stereocenters. The molecular formula is C6H7ClO2. The molecule has 0 N–H and O–H groups in total. The Bertz CT molecular complexity index is 140. The van der Waals surface area contributed by atoms with Crippen molar-refractivity contribution < 1.29 is 9.53 Å². The highest BCUT2D eigenvalue weighted by Gasteiger charge is 2.03. The maximum absolute atomic E-state index is 10.5. The molecule has 0 fully saturated rings. The van der Waals surface area contributed by atoms with E-state index in [1.807, 2.05) is 0 Å². The largest absolute Gasteiger partial charge is 0.432 e. The lowest BCUT2D eigenvalue weighted by Gasteiger charge is -1.95. The maximum Gasteiger partial charge on any atom is 0.339 e. The Balaban J connectivity index is 3.73. The zero-order valence-electron chi connectivity index (χ0n) is 4.89. The second-order valence-corrected chi connectivity index (χ2v) is 1.58. The van der Waals surface area contributed by atoms with Gasteiger partial charge in [0, 0.05) is 5.57 Å². The number of hydrogen-bond acceptors (Lipinski definition) is 2. The van der Waals surface area contributed by atoms with Gasteiger partial charge in [0.25, 0.3) is 0 Å². The molecule has 9 heavy (non-hydrogen) atoms. The molecular weight excluding hydrogens is 140 g/mol. The van der Waals surface area contributed by atoms with E-state index in [1.165, 1.54) is 0 Å². The molecule has 3 heteroatoms. The first-order valence-electron chi connectivity index (χ1n) is 2.28. The zero-order chi connectivity index (χ0) is 7.28.